The number of amides is 2. The number of nitrogens with zero attached hydrogens (tertiary/aromatic N) is 1. The monoisotopic (exact) mass is 256 g/mol. The molecule has 1 aliphatic heterocycles. The van der Waals surface area contributed by atoms with Crippen molar-refractivity contribution in [3.8, 4) is 0 Å². The van der Waals surface area contributed by atoms with Gasteiger partial charge >= 0.3 is 6.03 Å². The normalized spacial score (nSPS) is 31.3. The summed E-state index contributed by atoms with van der Waals surface area (Å²) in [6, 6.07) is 0.947. The molecule has 1 N–H and O–H groups in total. The number of carbonyl (C=O) groups excluding carboxylic acids is 1. The molecular formula is C13H24N2OS. The second-order valence-corrected chi connectivity index (χ2v) is 6.78. The van der Waals surface area contributed by atoms with E-state index >= 15 is 0 Å². The highest BCUT2D eigenvalue weighted by Crippen LogP contribution is 2.24. The Labute approximate surface area is 109 Å². The Morgan fingerprint density at radius 3 is 2.65 bits per heavy atom. The Morgan fingerprint density at radius 2 is 1.94 bits per heavy atom. The van der Waals surface area contributed by atoms with Gasteiger partial charge in [0, 0.05) is 29.6 Å². The maximum atomic E-state index is 12.2. The minimum Gasteiger partial charge on any atom is -0.335 e. The molecule has 2 rings (SSSR count). The van der Waals surface area contributed by atoms with Gasteiger partial charge in [0.2, 0.25) is 0 Å². The molecule has 0 spiro atoms. The maximum absolute atomic E-state index is 12.2. The zero-order valence-electron chi connectivity index (χ0n) is 10.9. The number of hydrogen-bond acceptors (Lipinski definition) is 2. The highest BCUT2D eigenvalue weighted by atomic mass is 32.2. The molecule has 2 amide bonds. The van der Waals surface area contributed by atoms with Crippen molar-refractivity contribution in [3.63, 3.8) is 0 Å². The maximum Gasteiger partial charge on any atom is 0.317 e. The van der Waals surface area contributed by atoms with Crippen LogP contribution >= 0.6 is 11.8 Å². The van der Waals surface area contributed by atoms with Gasteiger partial charge in [-0.25, -0.2) is 4.79 Å². The highest BCUT2D eigenvalue weighted by Gasteiger charge is 2.29. The summed E-state index contributed by atoms with van der Waals surface area (Å²) in [7, 11) is 0. The number of carbonyl (C=O) groups is 1. The fourth-order valence-corrected chi connectivity index (χ4v) is 3.82. The third-order valence-electron chi connectivity index (χ3n) is 4.08. The number of urea groups is 1. The van der Waals surface area contributed by atoms with Crippen LogP contribution in [0.1, 0.15) is 46.0 Å². The van der Waals surface area contributed by atoms with E-state index in [-0.39, 0.29) is 6.03 Å². The molecule has 1 saturated heterocycles. The van der Waals surface area contributed by atoms with Crippen molar-refractivity contribution in [2.24, 2.45) is 0 Å². The lowest BCUT2D eigenvalue weighted by Crippen LogP contribution is -2.54. The van der Waals surface area contributed by atoms with Crippen LogP contribution in [0.5, 0.6) is 0 Å². The van der Waals surface area contributed by atoms with Crippen LogP contribution < -0.4 is 5.32 Å². The molecule has 17 heavy (non-hydrogen) atoms. The van der Waals surface area contributed by atoms with E-state index in [0.29, 0.717) is 17.3 Å². The summed E-state index contributed by atoms with van der Waals surface area (Å²) in [5, 5.41) is 3.77. The standard InChI is InChI=1S/C13H24N2OS/c1-10-11(2)17-9-8-15(10)13(16)14-12-6-4-3-5-7-12/h10-12H,3-9H2,1-2H3,(H,14,16). The van der Waals surface area contributed by atoms with Gasteiger partial charge in [0.1, 0.15) is 0 Å². The van der Waals surface area contributed by atoms with Crippen LogP contribution in [0.2, 0.25) is 0 Å². The van der Waals surface area contributed by atoms with E-state index < -0.39 is 0 Å². The summed E-state index contributed by atoms with van der Waals surface area (Å²) in [5.74, 6) is 1.07. The molecule has 0 radical (unpaired) electrons. The quantitative estimate of drug-likeness (QED) is 0.782. The first kappa shape index (κ1) is 13.1. The Kier molecular flexibility index (Phi) is 4.60. The lowest BCUT2D eigenvalue weighted by Gasteiger charge is -2.38. The molecule has 98 valence electrons. The Bertz CT molecular complexity index is 266. The lowest BCUT2D eigenvalue weighted by atomic mass is 9.96. The summed E-state index contributed by atoms with van der Waals surface area (Å²) >= 11 is 1.97. The van der Waals surface area contributed by atoms with Crippen LogP contribution in [0.4, 0.5) is 4.79 Å². The largest absolute Gasteiger partial charge is 0.335 e. The summed E-state index contributed by atoms with van der Waals surface area (Å²) in [6.07, 6.45) is 6.20. The first-order valence-corrected chi connectivity index (χ1v) is 7.92. The fourth-order valence-electron chi connectivity index (χ4n) is 2.72. The molecule has 1 saturated carbocycles. The number of rotatable bonds is 1. The molecular weight excluding hydrogens is 232 g/mol. The number of hydrogen-bond donors (Lipinski definition) is 1. The van der Waals surface area contributed by atoms with E-state index in [1.54, 1.807) is 0 Å². The predicted octanol–water partition coefficient (Wildman–Crippen LogP) is 2.85. The summed E-state index contributed by atoms with van der Waals surface area (Å²) in [5.41, 5.74) is 0. The van der Waals surface area contributed by atoms with Crippen LogP contribution in [0.15, 0.2) is 0 Å². The van der Waals surface area contributed by atoms with Crippen molar-refractivity contribution in [2.45, 2.75) is 63.3 Å². The molecule has 4 heteroatoms. The molecule has 2 unspecified atom stereocenters. The van der Waals surface area contributed by atoms with Gasteiger partial charge in [0.15, 0.2) is 0 Å². The van der Waals surface area contributed by atoms with Gasteiger partial charge in [-0.05, 0) is 19.8 Å². The molecule has 0 aromatic rings. The van der Waals surface area contributed by atoms with Crippen molar-refractivity contribution in [1.29, 1.82) is 0 Å². The molecule has 3 nitrogen and oxygen atoms in total. The average molecular weight is 256 g/mol. The fraction of sp³-hybridized carbons (Fsp3) is 0.923. The summed E-state index contributed by atoms with van der Waals surface area (Å²) in [6.45, 7) is 5.28. The van der Waals surface area contributed by atoms with Crippen molar-refractivity contribution >= 4 is 17.8 Å². The third-order valence-corrected chi connectivity index (χ3v) is 5.42. The molecule has 2 fully saturated rings. The first-order valence-electron chi connectivity index (χ1n) is 6.87. The van der Waals surface area contributed by atoms with Gasteiger partial charge in [-0.15, -0.1) is 0 Å². The Hall–Kier alpha value is -0.380. The molecule has 2 aliphatic rings. The molecule has 0 aromatic heterocycles. The van der Waals surface area contributed by atoms with Crippen LogP contribution in [0, 0.1) is 0 Å². The van der Waals surface area contributed by atoms with Crippen molar-refractivity contribution in [3.05, 3.63) is 0 Å². The third kappa shape index (κ3) is 3.30. The van der Waals surface area contributed by atoms with Gasteiger partial charge in [-0.3, -0.25) is 0 Å². The predicted molar refractivity (Wildman–Crippen MR) is 73.5 cm³/mol. The van der Waals surface area contributed by atoms with Gasteiger partial charge < -0.3 is 10.2 Å². The van der Waals surface area contributed by atoms with E-state index in [1.807, 2.05) is 16.7 Å². The summed E-state index contributed by atoms with van der Waals surface area (Å²) in [4.78, 5) is 14.3. The lowest BCUT2D eigenvalue weighted by molar-refractivity contribution is 0.173. The minimum absolute atomic E-state index is 0.163. The van der Waals surface area contributed by atoms with Gasteiger partial charge in [-0.2, -0.15) is 11.8 Å². The van der Waals surface area contributed by atoms with E-state index in [4.69, 9.17) is 0 Å². The molecule has 1 heterocycles. The van der Waals surface area contributed by atoms with Crippen molar-refractivity contribution in [1.82, 2.24) is 10.2 Å². The summed E-state index contributed by atoms with van der Waals surface area (Å²) < 4.78 is 0. The zero-order valence-corrected chi connectivity index (χ0v) is 11.8. The second kappa shape index (κ2) is 5.98. The van der Waals surface area contributed by atoms with E-state index in [2.05, 4.69) is 19.2 Å². The molecule has 2 atom stereocenters. The molecule has 1 aliphatic carbocycles. The molecule has 0 bridgehead atoms. The van der Waals surface area contributed by atoms with Crippen LogP contribution in [0.3, 0.4) is 0 Å². The van der Waals surface area contributed by atoms with Crippen molar-refractivity contribution in [2.75, 3.05) is 12.3 Å². The van der Waals surface area contributed by atoms with E-state index in [0.717, 1.165) is 25.1 Å². The average Bonchev–Trinajstić information content (AvgIpc) is 2.34. The number of nitrogens with one attached hydrogen (secondary N) is 1. The van der Waals surface area contributed by atoms with Gasteiger partial charge in [-0.1, -0.05) is 26.2 Å². The van der Waals surface area contributed by atoms with E-state index in [9.17, 15) is 4.79 Å². The second-order valence-electron chi connectivity index (χ2n) is 5.29. The minimum atomic E-state index is 0.163. The van der Waals surface area contributed by atoms with Crippen LogP contribution in [0.25, 0.3) is 0 Å². The van der Waals surface area contributed by atoms with Crippen molar-refractivity contribution < 1.29 is 4.79 Å². The van der Waals surface area contributed by atoms with Gasteiger partial charge in [0.05, 0.1) is 0 Å². The van der Waals surface area contributed by atoms with Gasteiger partial charge in [0.25, 0.3) is 0 Å². The Morgan fingerprint density at radius 1 is 1.24 bits per heavy atom. The first-order chi connectivity index (χ1) is 8.18. The van der Waals surface area contributed by atoms with Crippen LogP contribution in [-0.2, 0) is 0 Å². The number of thioether (sulfide) groups is 1. The van der Waals surface area contributed by atoms with E-state index in [1.165, 1.54) is 19.3 Å². The highest BCUT2D eigenvalue weighted by molar-refractivity contribution is 8.00. The van der Waals surface area contributed by atoms with Crippen LogP contribution in [-0.4, -0.2) is 40.6 Å². The smallest absolute Gasteiger partial charge is 0.317 e. The zero-order chi connectivity index (χ0) is 12.3. The topological polar surface area (TPSA) is 32.3 Å². The SMILES string of the molecule is CC1SCCN(C(=O)NC2CCCCC2)C1C. The Balaban J connectivity index is 1.85. The molecule has 0 aromatic carbocycles.